The van der Waals surface area contributed by atoms with E-state index in [9.17, 15) is 0 Å². The van der Waals surface area contributed by atoms with Crippen LogP contribution in [0.3, 0.4) is 0 Å². The zero-order valence-corrected chi connectivity index (χ0v) is 11.4. The molecule has 0 atom stereocenters. The zero-order valence-electron chi connectivity index (χ0n) is 11.4. The molecular weight excluding hydrogens is 246 g/mol. The summed E-state index contributed by atoms with van der Waals surface area (Å²) in [7, 11) is 0. The molecule has 3 N–H and O–H groups in total. The molecule has 0 bridgehead atoms. The minimum Gasteiger partial charge on any atom is -0.461 e. The Morgan fingerprint density at radius 2 is 1.79 bits per heavy atom. The van der Waals surface area contributed by atoms with Crippen LogP contribution in [0.15, 0.2) is 0 Å². The van der Waals surface area contributed by atoms with Gasteiger partial charge in [0, 0.05) is 0 Å². The fourth-order valence-corrected chi connectivity index (χ4v) is 2.05. The predicted octanol–water partition coefficient (Wildman–Crippen LogP) is 1.66. The van der Waals surface area contributed by atoms with E-state index < -0.39 is 0 Å². The topological polar surface area (TPSA) is 95.2 Å². The van der Waals surface area contributed by atoms with Gasteiger partial charge in [-0.2, -0.15) is 9.97 Å². The number of ether oxygens (including phenoxy) is 2. The first-order chi connectivity index (χ1) is 9.17. The number of nitrogens with two attached hydrogens (primary N) is 1. The van der Waals surface area contributed by atoms with Gasteiger partial charge in [-0.3, -0.25) is 5.43 Å². The van der Waals surface area contributed by atoms with Gasteiger partial charge in [0.15, 0.2) is 0 Å². The van der Waals surface area contributed by atoms with E-state index in [2.05, 4.69) is 20.4 Å². The minimum absolute atomic E-state index is 0.0180. The Kier molecular flexibility index (Phi) is 4.73. The van der Waals surface area contributed by atoms with Crippen molar-refractivity contribution in [3.63, 3.8) is 0 Å². The summed E-state index contributed by atoms with van der Waals surface area (Å²) in [5, 5.41) is 0. The average molecular weight is 267 g/mol. The van der Waals surface area contributed by atoms with Crippen LogP contribution >= 0.6 is 0 Å². The van der Waals surface area contributed by atoms with Gasteiger partial charge in [-0.25, -0.2) is 5.84 Å². The molecule has 1 saturated carbocycles. The fraction of sp³-hybridized carbons (Fsp3) is 0.750. The molecule has 1 fully saturated rings. The molecule has 0 saturated heterocycles. The van der Waals surface area contributed by atoms with Crippen molar-refractivity contribution in [2.75, 3.05) is 5.43 Å². The molecule has 1 heterocycles. The van der Waals surface area contributed by atoms with E-state index in [1.54, 1.807) is 0 Å². The lowest BCUT2D eigenvalue weighted by Crippen LogP contribution is -2.22. The molecule has 0 spiro atoms. The number of nitrogens with zero attached hydrogens (tertiary/aromatic N) is 3. The van der Waals surface area contributed by atoms with Crippen LogP contribution < -0.4 is 20.7 Å². The molecule has 1 aromatic heterocycles. The summed E-state index contributed by atoms with van der Waals surface area (Å²) >= 11 is 0. The normalized spacial score (nSPS) is 16.4. The second kappa shape index (κ2) is 6.51. The smallest absolute Gasteiger partial charge is 0.324 e. The molecule has 0 unspecified atom stereocenters. The first kappa shape index (κ1) is 13.8. The molecule has 1 aromatic rings. The molecule has 0 radical (unpaired) electrons. The van der Waals surface area contributed by atoms with Crippen LogP contribution in [0.2, 0.25) is 0 Å². The quantitative estimate of drug-likeness (QED) is 0.618. The van der Waals surface area contributed by atoms with Crippen molar-refractivity contribution in [3.05, 3.63) is 0 Å². The van der Waals surface area contributed by atoms with Crippen molar-refractivity contribution in [1.82, 2.24) is 15.0 Å². The Bertz CT molecular complexity index is 407. The highest BCUT2D eigenvalue weighted by atomic mass is 16.5. The zero-order chi connectivity index (χ0) is 13.7. The van der Waals surface area contributed by atoms with Gasteiger partial charge < -0.3 is 9.47 Å². The van der Waals surface area contributed by atoms with Gasteiger partial charge in [0.05, 0.1) is 6.10 Å². The van der Waals surface area contributed by atoms with E-state index in [0.717, 1.165) is 12.8 Å². The molecule has 1 aliphatic carbocycles. The first-order valence-electron chi connectivity index (χ1n) is 6.73. The third kappa shape index (κ3) is 4.20. The van der Waals surface area contributed by atoms with Crippen LogP contribution in [0.25, 0.3) is 0 Å². The van der Waals surface area contributed by atoms with E-state index in [0.29, 0.717) is 0 Å². The molecule has 19 heavy (non-hydrogen) atoms. The monoisotopic (exact) mass is 267 g/mol. The van der Waals surface area contributed by atoms with Gasteiger partial charge in [-0.1, -0.05) is 6.42 Å². The summed E-state index contributed by atoms with van der Waals surface area (Å²) in [4.78, 5) is 12.3. The number of hydrazine groups is 1. The highest BCUT2D eigenvalue weighted by molar-refractivity contribution is 5.25. The maximum absolute atomic E-state index is 5.78. The second-order valence-electron chi connectivity index (χ2n) is 4.91. The molecular formula is C12H21N5O2. The minimum atomic E-state index is -0.0180. The largest absolute Gasteiger partial charge is 0.461 e. The first-order valence-corrected chi connectivity index (χ1v) is 6.73. The van der Waals surface area contributed by atoms with Crippen LogP contribution in [0.4, 0.5) is 5.95 Å². The predicted molar refractivity (Wildman–Crippen MR) is 70.9 cm³/mol. The van der Waals surface area contributed by atoms with Crippen LogP contribution in [0, 0.1) is 0 Å². The third-order valence-electron chi connectivity index (χ3n) is 2.89. The summed E-state index contributed by atoms with van der Waals surface area (Å²) in [5.41, 5.74) is 2.40. The van der Waals surface area contributed by atoms with E-state index in [1.807, 2.05) is 13.8 Å². The third-order valence-corrected chi connectivity index (χ3v) is 2.89. The second-order valence-corrected chi connectivity index (χ2v) is 4.91. The Hall–Kier alpha value is -1.63. The molecule has 0 amide bonds. The maximum Gasteiger partial charge on any atom is 0.324 e. The molecule has 1 aliphatic rings. The Morgan fingerprint density at radius 1 is 1.11 bits per heavy atom. The Labute approximate surface area is 112 Å². The molecule has 0 aliphatic heterocycles. The number of hydrogen-bond donors (Lipinski definition) is 2. The Morgan fingerprint density at radius 3 is 2.42 bits per heavy atom. The van der Waals surface area contributed by atoms with Crippen molar-refractivity contribution in [1.29, 1.82) is 0 Å². The molecule has 2 rings (SSSR count). The number of nitrogen functional groups attached to an aromatic ring is 1. The van der Waals surface area contributed by atoms with Crippen LogP contribution in [-0.4, -0.2) is 27.2 Å². The summed E-state index contributed by atoms with van der Waals surface area (Å²) in [6, 6.07) is 0.495. The lowest BCUT2D eigenvalue weighted by atomic mass is 9.98. The number of nitrogens with one attached hydrogen (secondary N) is 1. The lowest BCUT2D eigenvalue weighted by Gasteiger charge is -2.22. The van der Waals surface area contributed by atoms with Gasteiger partial charge in [-0.05, 0) is 39.5 Å². The Balaban J connectivity index is 2.09. The summed E-state index contributed by atoms with van der Waals surface area (Å²) in [5.74, 6) is 5.58. The van der Waals surface area contributed by atoms with Crippen LogP contribution in [-0.2, 0) is 0 Å². The van der Waals surface area contributed by atoms with Crippen molar-refractivity contribution in [2.45, 2.75) is 58.2 Å². The molecule has 7 heteroatoms. The molecule has 0 aromatic carbocycles. The summed E-state index contributed by atoms with van der Waals surface area (Å²) in [6.45, 7) is 3.81. The van der Waals surface area contributed by atoms with Gasteiger partial charge in [0.1, 0.15) is 6.10 Å². The summed E-state index contributed by atoms with van der Waals surface area (Å²) in [6.07, 6.45) is 5.88. The standard InChI is InChI=1S/C12H21N5O2/c1-8(2)18-11-14-10(17-13)15-12(16-11)19-9-6-4-3-5-7-9/h8-9H,3-7,13H2,1-2H3,(H,14,15,16,17). The number of hydrogen-bond acceptors (Lipinski definition) is 7. The number of aromatic nitrogens is 3. The highest BCUT2D eigenvalue weighted by Crippen LogP contribution is 2.22. The summed E-state index contributed by atoms with van der Waals surface area (Å²) < 4.78 is 11.2. The van der Waals surface area contributed by atoms with Crippen molar-refractivity contribution in [2.24, 2.45) is 5.84 Å². The fourth-order valence-electron chi connectivity index (χ4n) is 2.05. The van der Waals surface area contributed by atoms with Crippen LogP contribution in [0.1, 0.15) is 46.0 Å². The van der Waals surface area contributed by atoms with Crippen LogP contribution in [0.5, 0.6) is 12.0 Å². The lowest BCUT2D eigenvalue weighted by molar-refractivity contribution is 0.137. The number of rotatable bonds is 5. The molecule has 106 valence electrons. The van der Waals surface area contributed by atoms with E-state index >= 15 is 0 Å². The van der Waals surface area contributed by atoms with Gasteiger partial charge in [0.25, 0.3) is 0 Å². The van der Waals surface area contributed by atoms with E-state index in [4.69, 9.17) is 15.3 Å². The average Bonchev–Trinajstić information content (AvgIpc) is 2.38. The van der Waals surface area contributed by atoms with E-state index in [1.165, 1.54) is 19.3 Å². The van der Waals surface area contributed by atoms with Crippen molar-refractivity contribution in [3.8, 4) is 12.0 Å². The SMILES string of the molecule is CC(C)Oc1nc(NN)nc(OC2CCCCC2)n1. The van der Waals surface area contributed by atoms with Gasteiger partial charge >= 0.3 is 12.0 Å². The maximum atomic E-state index is 5.78. The van der Waals surface area contributed by atoms with E-state index in [-0.39, 0.29) is 30.2 Å². The van der Waals surface area contributed by atoms with Gasteiger partial charge in [0.2, 0.25) is 5.95 Å². The number of anilines is 1. The molecule has 7 nitrogen and oxygen atoms in total. The van der Waals surface area contributed by atoms with Gasteiger partial charge in [-0.15, -0.1) is 4.98 Å². The highest BCUT2D eigenvalue weighted by Gasteiger charge is 2.18. The van der Waals surface area contributed by atoms with Crippen molar-refractivity contribution < 1.29 is 9.47 Å². The van der Waals surface area contributed by atoms with Crippen molar-refractivity contribution >= 4 is 5.95 Å².